The highest BCUT2D eigenvalue weighted by Gasteiger charge is 2.19. The maximum atomic E-state index is 12.8. The number of allylic oxidation sites excluding steroid dienone is 18. The highest BCUT2D eigenvalue weighted by atomic mass is 16.6. The monoisotopic (exact) mass is 915 g/mol. The molecule has 0 amide bonds. The lowest BCUT2D eigenvalue weighted by Crippen LogP contribution is -2.30. The van der Waals surface area contributed by atoms with Gasteiger partial charge < -0.3 is 14.2 Å². The molecule has 0 saturated carbocycles. The molecular formula is C60H98O6. The molecule has 6 heteroatoms. The number of carbonyl (C=O) groups excluding carboxylic acids is 3. The van der Waals surface area contributed by atoms with Crippen LogP contribution in [0.3, 0.4) is 0 Å². The smallest absolute Gasteiger partial charge is 0.306 e. The lowest BCUT2D eigenvalue weighted by Gasteiger charge is -2.18. The molecule has 0 aromatic heterocycles. The zero-order chi connectivity index (χ0) is 47.9. The van der Waals surface area contributed by atoms with Crippen molar-refractivity contribution in [3.8, 4) is 0 Å². The number of carbonyl (C=O) groups is 3. The number of unbranched alkanes of at least 4 members (excludes halogenated alkanes) is 18. The van der Waals surface area contributed by atoms with E-state index in [0.29, 0.717) is 12.8 Å². The predicted molar refractivity (Wildman–Crippen MR) is 283 cm³/mol. The van der Waals surface area contributed by atoms with Crippen LogP contribution in [0.4, 0.5) is 0 Å². The van der Waals surface area contributed by atoms with Crippen LogP contribution in [0.2, 0.25) is 0 Å². The molecule has 0 radical (unpaired) electrons. The molecule has 0 aliphatic heterocycles. The lowest BCUT2D eigenvalue weighted by molar-refractivity contribution is -0.167. The van der Waals surface area contributed by atoms with Gasteiger partial charge in [-0.2, -0.15) is 0 Å². The van der Waals surface area contributed by atoms with Crippen LogP contribution in [-0.4, -0.2) is 37.2 Å². The largest absolute Gasteiger partial charge is 0.462 e. The van der Waals surface area contributed by atoms with Gasteiger partial charge in [0.15, 0.2) is 6.10 Å². The molecule has 6 nitrogen and oxygen atoms in total. The molecular weight excluding hydrogens is 817 g/mol. The number of ether oxygens (including phenoxy) is 3. The first-order valence-electron chi connectivity index (χ1n) is 26.9. The molecule has 0 aromatic carbocycles. The van der Waals surface area contributed by atoms with Crippen molar-refractivity contribution in [1.29, 1.82) is 0 Å². The number of hydrogen-bond donors (Lipinski definition) is 0. The van der Waals surface area contributed by atoms with Crippen molar-refractivity contribution in [2.24, 2.45) is 0 Å². The van der Waals surface area contributed by atoms with Crippen molar-refractivity contribution in [3.63, 3.8) is 0 Å². The Morgan fingerprint density at radius 3 is 0.955 bits per heavy atom. The Hall–Kier alpha value is -3.93. The Morgan fingerprint density at radius 2 is 0.591 bits per heavy atom. The molecule has 0 aromatic rings. The first-order valence-corrected chi connectivity index (χ1v) is 26.9. The third-order valence-electron chi connectivity index (χ3n) is 11.0. The van der Waals surface area contributed by atoms with Crippen molar-refractivity contribution in [2.75, 3.05) is 13.2 Å². The Morgan fingerprint density at radius 1 is 0.318 bits per heavy atom. The number of esters is 3. The van der Waals surface area contributed by atoms with Gasteiger partial charge in [-0.3, -0.25) is 14.4 Å². The highest BCUT2D eigenvalue weighted by Crippen LogP contribution is 2.14. The van der Waals surface area contributed by atoms with Gasteiger partial charge in [0.25, 0.3) is 0 Å². The molecule has 1 atom stereocenters. The summed E-state index contributed by atoms with van der Waals surface area (Å²) in [4.78, 5) is 37.9. The van der Waals surface area contributed by atoms with Gasteiger partial charge >= 0.3 is 17.9 Å². The van der Waals surface area contributed by atoms with E-state index >= 15 is 0 Å². The van der Waals surface area contributed by atoms with E-state index in [4.69, 9.17) is 14.2 Å². The van der Waals surface area contributed by atoms with Gasteiger partial charge in [-0.15, -0.1) is 0 Å². The van der Waals surface area contributed by atoms with Gasteiger partial charge in [-0.05, 0) is 116 Å². The van der Waals surface area contributed by atoms with Gasteiger partial charge in [0.1, 0.15) is 13.2 Å². The summed E-state index contributed by atoms with van der Waals surface area (Å²) < 4.78 is 16.7. The standard InChI is InChI=1S/C60H98O6/c1-4-7-10-13-16-19-22-24-25-26-27-28-29-30-31-32-33-34-35-37-38-41-44-47-50-53-59(62)65-56-57(55-64-58(61)52-49-46-43-40-21-18-15-12-9-6-3)66-60(63)54-51-48-45-42-39-36-23-20-17-14-11-8-5-2/h7-8,10-12,15-17,19-20,24-25,27-28,30-31,36,39,57H,4-6,9,13-14,18,21-23,26,29,32-35,37-38,40-56H2,1-3H3/b10-7-,11-8-,15-12-,19-16-,20-17-,25-24-,28-27-,31-30-,39-36-. The van der Waals surface area contributed by atoms with E-state index in [1.807, 2.05) is 0 Å². The quantitative estimate of drug-likeness (QED) is 0.0262. The topological polar surface area (TPSA) is 78.9 Å². The van der Waals surface area contributed by atoms with Gasteiger partial charge in [-0.1, -0.05) is 207 Å². The molecule has 0 bridgehead atoms. The van der Waals surface area contributed by atoms with Gasteiger partial charge in [0.2, 0.25) is 0 Å². The van der Waals surface area contributed by atoms with Crippen LogP contribution in [-0.2, 0) is 28.6 Å². The summed E-state index contributed by atoms with van der Waals surface area (Å²) in [6, 6.07) is 0. The Labute approximate surface area is 406 Å². The van der Waals surface area contributed by atoms with Crippen molar-refractivity contribution < 1.29 is 28.6 Å². The maximum Gasteiger partial charge on any atom is 0.306 e. The van der Waals surface area contributed by atoms with Crippen molar-refractivity contribution in [1.82, 2.24) is 0 Å². The zero-order valence-electron chi connectivity index (χ0n) is 42.7. The Balaban J connectivity index is 4.30. The highest BCUT2D eigenvalue weighted by molar-refractivity contribution is 5.71. The second-order valence-corrected chi connectivity index (χ2v) is 17.4. The maximum absolute atomic E-state index is 12.8. The molecule has 1 unspecified atom stereocenters. The fraction of sp³-hybridized carbons (Fsp3) is 0.650. The fourth-order valence-electron chi connectivity index (χ4n) is 7.01. The first kappa shape index (κ1) is 62.1. The van der Waals surface area contributed by atoms with E-state index in [1.165, 1.54) is 51.4 Å². The van der Waals surface area contributed by atoms with Gasteiger partial charge in [0.05, 0.1) is 0 Å². The zero-order valence-corrected chi connectivity index (χ0v) is 42.7. The molecule has 0 fully saturated rings. The van der Waals surface area contributed by atoms with Crippen LogP contribution in [0.5, 0.6) is 0 Å². The summed E-state index contributed by atoms with van der Waals surface area (Å²) in [7, 11) is 0. The predicted octanol–water partition coefficient (Wildman–Crippen LogP) is 17.9. The van der Waals surface area contributed by atoms with E-state index in [1.54, 1.807) is 0 Å². The minimum atomic E-state index is -0.799. The van der Waals surface area contributed by atoms with Crippen molar-refractivity contribution in [3.05, 3.63) is 109 Å². The van der Waals surface area contributed by atoms with Crippen LogP contribution < -0.4 is 0 Å². The molecule has 0 saturated heterocycles. The van der Waals surface area contributed by atoms with Crippen LogP contribution in [0.25, 0.3) is 0 Å². The minimum Gasteiger partial charge on any atom is -0.462 e. The molecule has 0 aliphatic carbocycles. The molecule has 0 spiro atoms. The van der Waals surface area contributed by atoms with Crippen LogP contribution in [0.1, 0.15) is 233 Å². The summed E-state index contributed by atoms with van der Waals surface area (Å²) in [5.41, 5.74) is 0. The fourth-order valence-corrected chi connectivity index (χ4v) is 7.01. The van der Waals surface area contributed by atoms with Gasteiger partial charge in [-0.25, -0.2) is 0 Å². The molecule has 0 heterocycles. The Kier molecular flexibility index (Phi) is 50.5. The van der Waals surface area contributed by atoms with E-state index < -0.39 is 6.10 Å². The average molecular weight is 915 g/mol. The summed E-state index contributed by atoms with van der Waals surface area (Å²) >= 11 is 0. The second-order valence-electron chi connectivity index (χ2n) is 17.4. The number of rotatable bonds is 47. The third-order valence-corrected chi connectivity index (χ3v) is 11.0. The molecule has 374 valence electrons. The van der Waals surface area contributed by atoms with Crippen LogP contribution in [0.15, 0.2) is 109 Å². The SMILES string of the molecule is CC/C=C\C/C=C\C/C=C\C/C=C\C/C=C\CCCCCCCCCCCC(=O)OCC(COC(=O)CCCCCCC/C=C\CCC)OC(=O)CCCCC/C=C\C/C=C\C/C=C\CC. The molecule has 66 heavy (non-hydrogen) atoms. The van der Waals surface area contributed by atoms with Crippen LogP contribution >= 0.6 is 0 Å². The Bertz CT molecular complexity index is 1370. The van der Waals surface area contributed by atoms with Crippen molar-refractivity contribution in [2.45, 2.75) is 239 Å². The lowest BCUT2D eigenvalue weighted by atomic mass is 10.1. The summed E-state index contributed by atoms with van der Waals surface area (Å²) in [6.45, 7) is 6.30. The first-order chi connectivity index (χ1) is 32.5. The minimum absolute atomic E-state index is 0.0975. The second kappa shape index (κ2) is 53.7. The van der Waals surface area contributed by atoms with Crippen LogP contribution in [0, 0.1) is 0 Å². The van der Waals surface area contributed by atoms with E-state index in [-0.39, 0.29) is 37.5 Å². The molecule has 0 N–H and O–H groups in total. The normalized spacial score (nSPS) is 13.0. The summed E-state index contributed by atoms with van der Waals surface area (Å²) in [6.07, 6.45) is 72.3. The summed E-state index contributed by atoms with van der Waals surface area (Å²) in [5, 5.41) is 0. The molecule has 0 aliphatic rings. The average Bonchev–Trinajstić information content (AvgIpc) is 3.31. The molecule has 0 rings (SSSR count). The van der Waals surface area contributed by atoms with E-state index in [9.17, 15) is 14.4 Å². The van der Waals surface area contributed by atoms with E-state index in [2.05, 4.69) is 130 Å². The van der Waals surface area contributed by atoms with Gasteiger partial charge in [0, 0.05) is 19.3 Å². The number of hydrogen-bond acceptors (Lipinski definition) is 6. The summed E-state index contributed by atoms with van der Waals surface area (Å²) in [5.74, 6) is -0.949. The third kappa shape index (κ3) is 51.1. The van der Waals surface area contributed by atoms with Crippen molar-refractivity contribution >= 4 is 17.9 Å². The van der Waals surface area contributed by atoms with E-state index in [0.717, 1.165) is 141 Å².